The van der Waals surface area contributed by atoms with Gasteiger partial charge >= 0.3 is 0 Å². The van der Waals surface area contributed by atoms with E-state index in [-0.39, 0.29) is 5.92 Å². The third-order valence-corrected chi connectivity index (χ3v) is 3.29. The van der Waals surface area contributed by atoms with E-state index in [0.717, 1.165) is 11.1 Å². The summed E-state index contributed by atoms with van der Waals surface area (Å²) in [5.41, 5.74) is 9.07. The van der Waals surface area contributed by atoms with Crippen molar-refractivity contribution < 1.29 is 5.11 Å². The highest BCUT2D eigenvalue weighted by Gasteiger charge is 2.23. The monoisotopic (exact) mass is 221 g/mol. The first-order chi connectivity index (χ1) is 7.47. The van der Waals surface area contributed by atoms with Crippen LogP contribution in [0.25, 0.3) is 0 Å². The molecule has 0 aliphatic carbocycles. The van der Waals surface area contributed by atoms with E-state index in [1.807, 2.05) is 13.8 Å². The maximum Gasteiger partial charge on any atom is 0.0835 e. The molecule has 1 aromatic carbocycles. The minimum atomic E-state index is -0.454. The van der Waals surface area contributed by atoms with Gasteiger partial charge in [0.25, 0.3) is 0 Å². The van der Waals surface area contributed by atoms with E-state index in [1.165, 1.54) is 5.56 Å². The number of nitrogens with two attached hydrogens (primary N) is 1. The average Bonchev–Trinajstić information content (AvgIpc) is 2.22. The Morgan fingerprint density at radius 3 is 2.38 bits per heavy atom. The smallest absolute Gasteiger partial charge is 0.0835 e. The van der Waals surface area contributed by atoms with Crippen molar-refractivity contribution in [2.45, 2.75) is 33.8 Å². The fraction of sp³-hybridized carbons (Fsp3) is 0.571. The highest BCUT2D eigenvalue weighted by Crippen LogP contribution is 2.29. The summed E-state index contributed by atoms with van der Waals surface area (Å²) in [6.45, 7) is 8.80. The molecule has 2 atom stereocenters. The van der Waals surface area contributed by atoms with E-state index in [4.69, 9.17) is 5.73 Å². The van der Waals surface area contributed by atoms with Crippen LogP contribution in [0.2, 0.25) is 0 Å². The molecule has 16 heavy (non-hydrogen) atoms. The van der Waals surface area contributed by atoms with Crippen LogP contribution in [0.3, 0.4) is 0 Å². The van der Waals surface area contributed by atoms with Crippen molar-refractivity contribution >= 4 is 0 Å². The van der Waals surface area contributed by atoms with Crippen molar-refractivity contribution in [2.24, 2.45) is 17.6 Å². The zero-order chi connectivity index (χ0) is 12.3. The summed E-state index contributed by atoms with van der Waals surface area (Å²) in [6, 6.07) is 6.19. The lowest BCUT2D eigenvalue weighted by Crippen LogP contribution is -2.27. The van der Waals surface area contributed by atoms with Gasteiger partial charge in [-0.05, 0) is 37.4 Å². The molecule has 0 bridgehead atoms. The topological polar surface area (TPSA) is 46.2 Å². The van der Waals surface area contributed by atoms with Crippen LogP contribution in [0, 0.1) is 25.7 Å². The Hall–Kier alpha value is -0.860. The first-order valence-corrected chi connectivity index (χ1v) is 5.92. The van der Waals surface area contributed by atoms with Crippen LogP contribution in [0.4, 0.5) is 0 Å². The largest absolute Gasteiger partial charge is 0.388 e. The molecular weight excluding hydrogens is 198 g/mol. The molecule has 0 aliphatic rings. The molecule has 1 aromatic rings. The summed E-state index contributed by atoms with van der Waals surface area (Å²) < 4.78 is 0. The minimum absolute atomic E-state index is 0.125. The van der Waals surface area contributed by atoms with E-state index in [9.17, 15) is 5.11 Å². The standard InChI is InChI=1S/C14H23NO/c1-9(2)13(8-15)14(16)12-7-10(3)5-6-11(12)4/h5-7,9,13-14,16H,8,15H2,1-4H3. The van der Waals surface area contributed by atoms with Crippen LogP contribution < -0.4 is 5.73 Å². The highest BCUT2D eigenvalue weighted by molar-refractivity contribution is 5.32. The third kappa shape index (κ3) is 2.83. The second kappa shape index (κ2) is 5.46. The van der Waals surface area contributed by atoms with Crippen molar-refractivity contribution in [1.29, 1.82) is 0 Å². The Bertz CT molecular complexity index is 347. The quantitative estimate of drug-likeness (QED) is 0.821. The molecule has 2 heteroatoms. The van der Waals surface area contributed by atoms with Gasteiger partial charge in [-0.2, -0.15) is 0 Å². The molecule has 0 fully saturated rings. The maximum atomic E-state index is 10.4. The van der Waals surface area contributed by atoms with Crippen molar-refractivity contribution in [2.75, 3.05) is 6.54 Å². The molecule has 3 N–H and O–H groups in total. The van der Waals surface area contributed by atoms with Crippen LogP contribution in [0.15, 0.2) is 18.2 Å². The van der Waals surface area contributed by atoms with Crippen LogP contribution in [-0.2, 0) is 0 Å². The molecule has 0 amide bonds. The van der Waals surface area contributed by atoms with E-state index in [0.29, 0.717) is 12.5 Å². The second-order valence-corrected chi connectivity index (χ2v) is 4.95. The fourth-order valence-electron chi connectivity index (χ4n) is 2.07. The van der Waals surface area contributed by atoms with E-state index in [2.05, 4.69) is 32.0 Å². The molecule has 1 rings (SSSR count). The normalized spacial score (nSPS) is 15.2. The van der Waals surface area contributed by atoms with Gasteiger partial charge in [0, 0.05) is 5.92 Å². The number of aryl methyl sites for hydroxylation is 2. The second-order valence-electron chi connectivity index (χ2n) is 4.95. The maximum absolute atomic E-state index is 10.4. The van der Waals surface area contributed by atoms with Gasteiger partial charge in [-0.25, -0.2) is 0 Å². The Kier molecular flexibility index (Phi) is 4.51. The van der Waals surface area contributed by atoms with Crippen LogP contribution in [0.1, 0.15) is 36.6 Å². The van der Waals surface area contributed by atoms with E-state index < -0.39 is 6.10 Å². The lowest BCUT2D eigenvalue weighted by atomic mass is 9.84. The Morgan fingerprint density at radius 2 is 1.88 bits per heavy atom. The van der Waals surface area contributed by atoms with Gasteiger partial charge in [0.1, 0.15) is 0 Å². The molecule has 90 valence electrons. The number of aliphatic hydroxyl groups is 1. The lowest BCUT2D eigenvalue weighted by Gasteiger charge is -2.26. The highest BCUT2D eigenvalue weighted by atomic mass is 16.3. The molecule has 0 aliphatic heterocycles. The average molecular weight is 221 g/mol. The van der Waals surface area contributed by atoms with Crippen molar-refractivity contribution in [1.82, 2.24) is 0 Å². The molecule has 0 saturated heterocycles. The van der Waals surface area contributed by atoms with Crippen LogP contribution >= 0.6 is 0 Å². The van der Waals surface area contributed by atoms with E-state index in [1.54, 1.807) is 0 Å². The number of aliphatic hydroxyl groups excluding tert-OH is 1. The molecular formula is C14H23NO. The number of hydrogen-bond acceptors (Lipinski definition) is 2. The third-order valence-electron chi connectivity index (χ3n) is 3.29. The minimum Gasteiger partial charge on any atom is -0.388 e. The zero-order valence-electron chi connectivity index (χ0n) is 10.7. The Morgan fingerprint density at radius 1 is 1.25 bits per heavy atom. The first kappa shape index (κ1) is 13.2. The van der Waals surface area contributed by atoms with E-state index >= 15 is 0 Å². The first-order valence-electron chi connectivity index (χ1n) is 5.92. The fourth-order valence-corrected chi connectivity index (χ4v) is 2.07. The van der Waals surface area contributed by atoms with Gasteiger partial charge in [-0.15, -0.1) is 0 Å². The SMILES string of the molecule is Cc1ccc(C)c(C(O)C(CN)C(C)C)c1. The number of hydrogen-bond donors (Lipinski definition) is 2. The molecule has 0 spiro atoms. The van der Waals surface area contributed by atoms with Gasteiger partial charge in [0.2, 0.25) is 0 Å². The van der Waals surface area contributed by atoms with Gasteiger partial charge in [0.05, 0.1) is 6.10 Å². The Labute approximate surface area is 98.5 Å². The summed E-state index contributed by atoms with van der Waals surface area (Å²) in [5.74, 6) is 0.514. The molecule has 2 nitrogen and oxygen atoms in total. The zero-order valence-corrected chi connectivity index (χ0v) is 10.7. The summed E-state index contributed by atoms with van der Waals surface area (Å²) in [5, 5.41) is 10.4. The Balaban J connectivity index is 3.02. The van der Waals surface area contributed by atoms with Crippen molar-refractivity contribution in [3.8, 4) is 0 Å². The van der Waals surface area contributed by atoms with Crippen LogP contribution in [-0.4, -0.2) is 11.7 Å². The summed E-state index contributed by atoms with van der Waals surface area (Å²) >= 11 is 0. The number of rotatable bonds is 4. The number of benzene rings is 1. The lowest BCUT2D eigenvalue weighted by molar-refractivity contribution is 0.0855. The van der Waals surface area contributed by atoms with Crippen LogP contribution in [0.5, 0.6) is 0 Å². The molecule has 0 radical (unpaired) electrons. The van der Waals surface area contributed by atoms with Crippen molar-refractivity contribution in [3.63, 3.8) is 0 Å². The molecule has 0 saturated carbocycles. The van der Waals surface area contributed by atoms with Gasteiger partial charge < -0.3 is 10.8 Å². The van der Waals surface area contributed by atoms with Gasteiger partial charge in [-0.1, -0.05) is 37.6 Å². The van der Waals surface area contributed by atoms with Gasteiger partial charge in [0.15, 0.2) is 0 Å². The van der Waals surface area contributed by atoms with Crippen molar-refractivity contribution in [3.05, 3.63) is 34.9 Å². The molecule has 0 heterocycles. The molecule has 2 unspecified atom stereocenters. The predicted octanol–water partition coefficient (Wildman–Crippen LogP) is 2.57. The molecule has 0 aromatic heterocycles. The summed E-state index contributed by atoms with van der Waals surface area (Å²) in [4.78, 5) is 0. The predicted molar refractivity (Wildman–Crippen MR) is 68.3 cm³/mol. The summed E-state index contributed by atoms with van der Waals surface area (Å²) in [6.07, 6.45) is -0.454. The van der Waals surface area contributed by atoms with Gasteiger partial charge in [-0.3, -0.25) is 0 Å². The summed E-state index contributed by atoms with van der Waals surface area (Å²) in [7, 11) is 0.